The van der Waals surface area contributed by atoms with Crippen LogP contribution in [0.1, 0.15) is 32.4 Å². The van der Waals surface area contributed by atoms with Crippen LogP contribution in [-0.4, -0.2) is 92.3 Å². The number of sulfonamides is 1. The fraction of sp³-hybridized carbons (Fsp3) is 0.520. The first kappa shape index (κ1) is 27.9. The van der Waals surface area contributed by atoms with Gasteiger partial charge in [0.05, 0.1) is 42.1 Å². The molecular formula is C25H35N7O5S. The van der Waals surface area contributed by atoms with E-state index in [0.717, 1.165) is 5.69 Å². The molecule has 1 aromatic carbocycles. The van der Waals surface area contributed by atoms with Crippen LogP contribution in [0, 0.1) is 5.92 Å². The molecule has 4 rings (SSSR count). The summed E-state index contributed by atoms with van der Waals surface area (Å²) < 4.78 is 37.7. The predicted octanol–water partition coefficient (Wildman–Crippen LogP) is 1.31. The maximum absolute atomic E-state index is 13.4. The molecule has 0 aliphatic carbocycles. The lowest BCUT2D eigenvalue weighted by Gasteiger charge is -2.35. The van der Waals surface area contributed by atoms with Crippen molar-refractivity contribution in [3.05, 3.63) is 54.6 Å². The van der Waals surface area contributed by atoms with Crippen LogP contribution in [-0.2, 0) is 32.7 Å². The van der Waals surface area contributed by atoms with Crippen LogP contribution in [0.5, 0.6) is 0 Å². The van der Waals surface area contributed by atoms with Gasteiger partial charge in [-0.25, -0.2) is 13.1 Å². The highest BCUT2D eigenvalue weighted by Gasteiger charge is 2.31. The monoisotopic (exact) mass is 545 g/mol. The summed E-state index contributed by atoms with van der Waals surface area (Å²) in [6.45, 7) is 4.63. The first-order valence-corrected chi connectivity index (χ1v) is 14.1. The highest BCUT2D eigenvalue weighted by atomic mass is 32.2. The molecule has 0 radical (unpaired) electrons. The summed E-state index contributed by atoms with van der Waals surface area (Å²) in [5, 5.41) is 22.2. The first-order valence-electron chi connectivity index (χ1n) is 12.7. The lowest BCUT2D eigenvalue weighted by molar-refractivity contribution is -0.136. The number of aliphatic hydroxyl groups is 1. The molecule has 13 heteroatoms. The van der Waals surface area contributed by atoms with Crippen LogP contribution in [0.25, 0.3) is 5.69 Å². The van der Waals surface area contributed by atoms with E-state index in [2.05, 4.69) is 15.4 Å². The zero-order chi connectivity index (χ0) is 27.3. The Morgan fingerprint density at radius 1 is 1.26 bits per heavy atom. The van der Waals surface area contributed by atoms with Crippen molar-refractivity contribution in [3.63, 3.8) is 0 Å². The number of rotatable bonds is 7. The van der Waals surface area contributed by atoms with Crippen molar-refractivity contribution < 1.29 is 23.1 Å². The summed E-state index contributed by atoms with van der Waals surface area (Å²) in [5.74, 6) is -0.307. The average molecular weight is 546 g/mol. The highest BCUT2D eigenvalue weighted by molar-refractivity contribution is 7.89. The van der Waals surface area contributed by atoms with Crippen LogP contribution < -0.4 is 0 Å². The molecule has 3 atom stereocenters. The molecule has 12 nitrogen and oxygen atoms in total. The van der Waals surface area contributed by atoms with E-state index in [4.69, 9.17) is 4.74 Å². The van der Waals surface area contributed by atoms with E-state index in [1.165, 1.54) is 11.4 Å². The van der Waals surface area contributed by atoms with Gasteiger partial charge in [-0.05, 0) is 43.7 Å². The Bertz CT molecular complexity index is 1290. The van der Waals surface area contributed by atoms with Gasteiger partial charge in [0.2, 0.25) is 15.9 Å². The molecule has 1 aliphatic rings. The van der Waals surface area contributed by atoms with Crippen molar-refractivity contribution in [3.8, 4) is 5.69 Å². The van der Waals surface area contributed by atoms with Crippen molar-refractivity contribution >= 4 is 15.9 Å². The summed E-state index contributed by atoms with van der Waals surface area (Å²) in [7, 11) is -2.30. The number of carbonyl (C=O) groups is 1. The zero-order valence-corrected chi connectivity index (χ0v) is 22.7. The van der Waals surface area contributed by atoms with Crippen molar-refractivity contribution in [1.82, 2.24) is 34.0 Å². The minimum Gasteiger partial charge on any atom is -0.394 e. The third-order valence-corrected chi connectivity index (χ3v) is 8.63. The molecule has 1 N–H and O–H groups in total. The molecule has 0 saturated heterocycles. The number of ether oxygens (including phenoxy) is 1. The second kappa shape index (κ2) is 12.2. The first-order chi connectivity index (χ1) is 18.2. The lowest BCUT2D eigenvalue weighted by atomic mass is 10.0. The zero-order valence-electron chi connectivity index (χ0n) is 21.9. The van der Waals surface area contributed by atoms with Gasteiger partial charge < -0.3 is 14.7 Å². The van der Waals surface area contributed by atoms with Gasteiger partial charge in [0, 0.05) is 51.4 Å². The number of aromatic nitrogens is 5. The normalized spacial score (nSPS) is 20.6. The number of aliphatic hydroxyl groups excluding tert-OH is 1. The molecule has 38 heavy (non-hydrogen) atoms. The minimum atomic E-state index is -3.82. The number of aryl methyl sites for hydroxylation is 1. The molecule has 3 heterocycles. The predicted molar refractivity (Wildman–Crippen MR) is 139 cm³/mol. The number of amides is 1. The molecule has 206 valence electrons. The number of likely N-dealkylation sites (N-methyl/N-ethyl adjacent to an activating group) is 1. The van der Waals surface area contributed by atoms with Gasteiger partial charge in [0.25, 0.3) is 0 Å². The highest BCUT2D eigenvalue weighted by Crippen LogP contribution is 2.21. The van der Waals surface area contributed by atoms with Crippen molar-refractivity contribution in [1.29, 1.82) is 0 Å². The van der Waals surface area contributed by atoms with Crippen LogP contribution in [0.2, 0.25) is 0 Å². The standard InChI is InChI=1S/C25H35N7O5S/c1-19-14-31(20(2)17-33)25(34)6-4-12-30-15-21(27-28-30)18-37-24(19)16-29(3)38(35,36)23-9-7-22(8-10-23)32-13-5-11-26-32/h5,7-11,13,15,19-20,24,33H,4,6,12,14,16-18H2,1-3H3/t19-,20+,24+/m0/s1. The van der Waals surface area contributed by atoms with Gasteiger partial charge in [-0.2, -0.15) is 9.40 Å². The van der Waals surface area contributed by atoms with Gasteiger partial charge in [0.15, 0.2) is 0 Å². The van der Waals surface area contributed by atoms with Crippen LogP contribution in [0.3, 0.4) is 0 Å². The fourth-order valence-corrected chi connectivity index (χ4v) is 5.60. The number of fused-ring (bicyclic) bond motifs is 2. The van der Waals surface area contributed by atoms with E-state index in [0.29, 0.717) is 31.6 Å². The summed E-state index contributed by atoms with van der Waals surface area (Å²) in [6, 6.07) is 7.94. The van der Waals surface area contributed by atoms with Crippen molar-refractivity contribution in [2.24, 2.45) is 5.92 Å². The van der Waals surface area contributed by atoms with Gasteiger partial charge in [-0.15, -0.1) is 5.10 Å². The molecule has 0 saturated carbocycles. The minimum absolute atomic E-state index is 0.0636. The van der Waals surface area contributed by atoms with E-state index < -0.39 is 16.1 Å². The molecule has 2 bridgehead atoms. The second-order valence-electron chi connectivity index (χ2n) is 9.71. The Balaban J connectivity index is 1.55. The van der Waals surface area contributed by atoms with Crippen LogP contribution in [0.4, 0.5) is 0 Å². The van der Waals surface area contributed by atoms with Crippen LogP contribution in [0.15, 0.2) is 53.8 Å². The van der Waals surface area contributed by atoms with Crippen molar-refractivity contribution in [2.45, 2.75) is 56.9 Å². The van der Waals surface area contributed by atoms with E-state index >= 15 is 0 Å². The molecule has 0 unspecified atom stereocenters. The van der Waals surface area contributed by atoms with E-state index in [1.807, 2.05) is 6.92 Å². The molecule has 1 aliphatic heterocycles. The Morgan fingerprint density at radius 2 is 2.03 bits per heavy atom. The van der Waals surface area contributed by atoms with Gasteiger partial charge in [-0.3, -0.25) is 9.48 Å². The molecule has 3 aromatic rings. The number of hydrogen-bond donors (Lipinski definition) is 1. The number of nitrogens with zero attached hydrogens (tertiary/aromatic N) is 7. The number of benzene rings is 1. The molecular weight excluding hydrogens is 510 g/mol. The maximum Gasteiger partial charge on any atom is 0.242 e. The smallest absolute Gasteiger partial charge is 0.242 e. The molecule has 1 amide bonds. The van der Waals surface area contributed by atoms with E-state index in [-0.39, 0.29) is 42.5 Å². The molecule has 2 aromatic heterocycles. The average Bonchev–Trinajstić information content (AvgIpc) is 3.61. The summed E-state index contributed by atoms with van der Waals surface area (Å²) in [4.78, 5) is 14.8. The third kappa shape index (κ3) is 6.46. The van der Waals surface area contributed by atoms with Gasteiger partial charge >= 0.3 is 0 Å². The Kier molecular flexibility index (Phi) is 8.92. The SMILES string of the molecule is C[C@H](CO)N1C[C@H](C)[C@@H](CN(C)S(=O)(=O)c2ccc(-n3cccn3)cc2)OCc2cn(nn2)CCCC1=O. The quantitative estimate of drug-likeness (QED) is 0.469. The topological polar surface area (TPSA) is 136 Å². The van der Waals surface area contributed by atoms with Gasteiger partial charge in [0.1, 0.15) is 5.69 Å². The Morgan fingerprint density at radius 3 is 2.71 bits per heavy atom. The maximum atomic E-state index is 13.4. The number of hydrogen-bond acceptors (Lipinski definition) is 8. The molecule has 0 fully saturated rings. The van der Waals surface area contributed by atoms with E-state index in [9.17, 15) is 18.3 Å². The summed E-state index contributed by atoms with van der Waals surface area (Å²) in [6.07, 6.45) is 5.56. The second-order valence-corrected chi connectivity index (χ2v) is 11.8. The Labute approximate surface area is 222 Å². The van der Waals surface area contributed by atoms with Crippen molar-refractivity contribution in [2.75, 3.05) is 26.7 Å². The van der Waals surface area contributed by atoms with Crippen LogP contribution >= 0.6 is 0 Å². The Hall–Kier alpha value is -3.13. The third-order valence-electron chi connectivity index (χ3n) is 6.80. The van der Waals surface area contributed by atoms with Gasteiger partial charge in [-0.1, -0.05) is 12.1 Å². The molecule has 0 spiro atoms. The fourth-order valence-electron chi connectivity index (χ4n) is 4.42. The largest absolute Gasteiger partial charge is 0.394 e. The summed E-state index contributed by atoms with van der Waals surface area (Å²) in [5.41, 5.74) is 1.38. The van der Waals surface area contributed by atoms with E-state index in [1.54, 1.807) is 70.1 Å². The summed E-state index contributed by atoms with van der Waals surface area (Å²) >= 11 is 0. The number of carbonyl (C=O) groups excluding carboxylic acids is 1. The lowest BCUT2D eigenvalue weighted by Crippen LogP contribution is -2.47.